The third-order valence-electron chi connectivity index (χ3n) is 9.73. The number of para-hydroxylation sites is 3. The van der Waals surface area contributed by atoms with Crippen LogP contribution in [0.25, 0.3) is 88.1 Å². The quantitative estimate of drug-likeness (QED) is 0.194. The monoisotopic (exact) mass is 611 g/mol. The summed E-state index contributed by atoms with van der Waals surface area (Å²) in [5.74, 6) is 0. The van der Waals surface area contributed by atoms with Gasteiger partial charge >= 0.3 is 0 Å². The van der Waals surface area contributed by atoms with E-state index in [1.165, 1.54) is 54.7 Å². The molecular formula is C45H29N3. The Morgan fingerprint density at radius 3 is 1.60 bits per heavy atom. The Labute approximate surface area is 277 Å². The predicted molar refractivity (Wildman–Crippen MR) is 201 cm³/mol. The smallest absolute Gasteiger partial charge is 0.0780 e. The van der Waals surface area contributed by atoms with Gasteiger partial charge in [0.2, 0.25) is 0 Å². The van der Waals surface area contributed by atoms with Gasteiger partial charge in [0.25, 0.3) is 0 Å². The fourth-order valence-electron chi connectivity index (χ4n) is 7.68. The summed E-state index contributed by atoms with van der Waals surface area (Å²) in [4.78, 5) is 4.75. The molecule has 224 valence electrons. The number of benzene rings is 7. The van der Waals surface area contributed by atoms with E-state index in [0.29, 0.717) is 0 Å². The van der Waals surface area contributed by atoms with Crippen LogP contribution in [0.3, 0.4) is 0 Å². The van der Waals surface area contributed by atoms with Crippen molar-refractivity contribution in [3.05, 3.63) is 176 Å². The van der Waals surface area contributed by atoms with Crippen LogP contribution in [0.5, 0.6) is 0 Å². The van der Waals surface area contributed by atoms with Crippen molar-refractivity contribution >= 4 is 54.5 Å². The van der Waals surface area contributed by atoms with Crippen molar-refractivity contribution in [3.8, 4) is 33.6 Å². The third-order valence-corrected chi connectivity index (χ3v) is 9.73. The molecule has 0 saturated heterocycles. The van der Waals surface area contributed by atoms with Gasteiger partial charge in [-0.25, -0.2) is 0 Å². The van der Waals surface area contributed by atoms with E-state index in [-0.39, 0.29) is 0 Å². The van der Waals surface area contributed by atoms with Crippen molar-refractivity contribution in [2.75, 3.05) is 0 Å². The molecule has 0 amide bonds. The number of rotatable bonds is 4. The molecule has 3 aromatic heterocycles. The number of hydrogen-bond donors (Lipinski definition) is 0. The van der Waals surface area contributed by atoms with E-state index < -0.39 is 0 Å². The van der Waals surface area contributed by atoms with Crippen molar-refractivity contribution in [3.63, 3.8) is 0 Å². The molecule has 0 fully saturated rings. The van der Waals surface area contributed by atoms with Crippen LogP contribution in [0.15, 0.2) is 176 Å². The van der Waals surface area contributed by atoms with Crippen LogP contribution in [0.1, 0.15) is 0 Å². The summed E-state index contributed by atoms with van der Waals surface area (Å²) in [6.07, 6.45) is 1.88. The summed E-state index contributed by atoms with van der Waals surface area (Å²) >= 11 is 0. The lowest BCUT2D eigenvalue weighted by Gasteiger charge is -2.12. The molecular weight excluding hydrogens is 583 g/mol. The molecule has 48 heavy (non-hydrogen) atoms. The van der Waals surface area contributed by atoms with Crippen molar-refractivity contribution < 1.29 is 0 Å². The first-order valence-corrected chi connectivity index (χ1v) is 16.4. The molecule has 3 nitrogen and oxygen atoms in total. The maximum Gasteiger partial charge on any atom is 0.0780 e. The highest BCUT2D eigenvalue weighted by Crippen LogP contribution is 2.43. The minimum atomic E-state index is 1.02. The first-order chi connectivity index (χ1) is 23.8. The fourth-order valence-corrected chi connectivity index (χ4v) is 7.68. The molecule has 7 aromatic carbocycles. The van der Waals surface area contributed by atoms with Crippen LogP contribution in [0.2, 0.25) is 0 Å². The van der Waals surface area contributed by atoms with Gasteiger partial charge in [0, 0.05) is 50.1 Å². The van der Waals surface area contributed by atoms with Crippen LogP contribution < -0.4 is 0 Å². The molecule has 0 aliphatic heterocycles. The predicted octanol–water partition coefficient (Wildman–Crippen LogP) is 11.8. The highest BCUT2D eigenvalue weighted by Gasteiger charge is 2.20. The Morgan fingerprint density at radius 1 is 0.375 bits per heavy atom. The molecule has 0 N–H and O–H groups in total. The van der Waals surface area contributed by atoms with Crippen molar-refractivity contribution in [1.29, 1.82) is 0 Å². The maximum atomic E-state index is 4.75. The first kappa shape index (κ1) is 26.7. The molecule has 3 heterocycles. The summed E-state index contributed by atoms with van der Waals surface area (Å²) < 4.78 is 4.85. The van der Waals surface area contributed by atoms with Crippen molar-refractivity contribution in [1.82, 2.24) is 14.1 Å². The van der Waals surface area contributed by atoms with Gasteiger partial charge in [0.05, 0.1) is 27.6 Å². The van der Waals surface area contributed by atoms with Crippen LogP contribution in [-0.4, -0.2) is 14.1 Å². The van der Waals surface area contributed by atoms with Gasteiger partial charge in [-0.3, -0.25) is 4.98 Å². The zero-order chi connectivity index (χ0) is 31.6. The van der Waals surface area contributed by atoms with E-state index in [4.69, 9.17) is 4.98 Å². The first-order valence-electron chi connectivity index (χ1n) is 16.4. The maximum absolute atomic E-state index is 4.75. The van der Waals surface area contributed by atoms with Crippen molar-refractivity contribution in [2.45, 2.75) is 0 Å². The van der Waals surface area contributed by atoms with Gasteiger partial charge in [0.15, 0.2) is 0 Å². The topological polar surface area (TPSA) is 22.8 Å². The molecule has 0 radical (unpaired) electrons. The van der Waals surface area contributed by atoms with Gasteiger partial charge in [-0.1, -0.05) is 115 Å². The van der Waals surface area contributed by atoms with Gasteiger partial charge in [0.1, 0.15) is 0 Å². The lowest BCUT2D eigenvalue weighted by molar-refractivity contribution is 1.17. The summed E-state index contributed by atoms with van der Waals surface area (Å²) in [7, 11) is 0. The number of fused-ring (bicyclic) bond motifs is 8. The molecule has 10 rings (SSSR count). The zero-order valence-corrected chi connectivity index (χ0v) is 26.1. The molecule has 0 spiro atoms. The molecule has 3 heteroatoms. The van der Waals surface area contributed by atoms with E-state index in [9.17, 15) is 0 Å². The van der Waals surface area contributed by atoms with Crippen LogP contribution in [-0.2, 0) is 0 Å². The average molecular weight is 612 g/mol. The summed E-state index contributed by atoms with van der Waals surface area (Å²) in [6.45, 7) is 0. The SMILES string of the molecule is c1ccc(-c2cccc(-n3c4ccccc4c4c5c6ccccc6n(-c6cccc(-c7cccc8cccnc78)c6)c5ccc43)c2)cc1. The van der Waals surface area contributed by atoms with E-state index in [1.54, 1.807) is 0 Å². The lowest BCUT2D eigenvalue weighted by atomic mass is 10.0. The Kier molecular flexibility index (Phi) is 5.87. The Morgan fingerprint density at radius 2 is 0.917 bits per heavy atom. The Hall–Kier alpha value is -6.45. The third kappa shape index (κ3) is 3.98. The number of hydrogen-bond acceptors (Lipinski definition) is 1. The van der Waals surface area contributed by atoms with Crippen LogP contribution >= 0.6 is 0 Å². The largest absolute Gasteiger partial charge is 0.309 e. The number of aromatic nitrogens is 3. The molecule has 0 aliphatic carbocycles. The highest BCUT2D eigenvalue weighted by molar-refractivity contribution is 6.29. The molecule has 0 atom stereocenters. The minimum Gasteiger partial charge on any atom is -0.309 e. The molecule has 0 unspecified atom stereocenters. The van der Waals surface area contributed by atoms with Gasteiger partial charge in [-0.05, 0) is 71.3 Å². The zero-order valence-electron chi connectivity index (χ0n) is 26.1. The van der Waals surface area contributed by atoms with Crippen molar-refractivity contribution in [2.24, 2.45) is 0 Å². The standard InChI is InChI=1S/C45H29N3/c1-2-12-30(13-3-1)32-15-8-18-34(28-32)47-39-23-6-4-20-37(39)43-41(47)25-26-42-44(43)38-21-5-7-24-40(38)48(42)35-19-9-16-33(29-35)36-22-10-14-31-17-11-27-46-45(31)36/h1-29H. The van der Waals surface area contributed by atoms with Gasteiger partial charge < -0.3 is 9.13 Å². The lowest BCUT2D eigenvalue weighted by Crippen LogP contribution is -1.96. The van der Waals surface area contributed by atoms with E-state index >= 15 is 0 Å². The normalized spacial score (nSPS) is 11.8. The van der Waals surface area contributed by atoms with E-state index in [1.807, 2.05) is 12.3 Å². The number of pyridine rings is 1. The summed E-state index contributed by atoms with van der Waals surface area (Å²) in [6, 6.07) is 61.2. The second-order valence-corrected chi connectivity index (χ2v) is 12.4. The van der Waals surface area contributed by atoms with Crippen LogP contribution in [0, 0.1) is 0 Å². The summed E-state index contributed by atoms with van der Waals surface area (Å²) in [5, 5.41) is 6.19. The Balaban J connectivity index is 1.25. The van der Waals surface area contributed by atoms with E-state index in [2.05, 4.69) is 173 Å². The van der Waals surface area contributed by atoms with Crippen LogP contribution in [0.4, 0.5) is 0 Å². The second-order valence-electron chi connectivity index (χ2n) is 12.4. The minimum absolute atomic E-state index is 1.02. The molecule has 0 saturated carbocycles. The molecule has 0 aliphatic rings. The Bertz CT molecular complexity index is 2830. The molecule has 10 aromatic rings. The second kappa shape index (κ2) is 10.5. The molecule has 0 bridgehead atoms. The fraction of sp³-hybridized carbons (Fsp3) is 0. The van der Waals surface area contributed by atoms with Gasteiger partial charge in [-0.15, -0.1) is 0 Å². The average Bonchev–Trinajstić information content (AvgIpc) is 3.68. The van der Waals surface area contributed by atoms with Gasteiger partial charge in [-0.2, -0.15) is 0 Å². The van der Waals surface area contributed by atoms with E-state index in [0.717, 1.165) is 33.4 Å². The summed E-state index contributed by atoms with van der Waals surface area (Å²) in [5.41, 5.74) is 12.8. The number of nitrogens with zero attached hydrogens (tertiary/aromatic N) is 3. The highest BCUT2D eigenvalue weighted by atomic mass is 15.0.